The molecule has 0 saturated heterocycles. The van der Waals surface area contributed by atoms with Gasteiger partial charge in [-0.25, -0.2) is 0 Å². The molecule has 0 unspecified atom stereocenters. The first-order valence-electron chi connectivity index (χ1n) is 6.89. The fourth-order valence-corrected chi connectivity index (χ4v) is 3.58. The van der Waals surface area contributed by atoms with Crippen molar-refractivity contribution in [3.8, 4) is 11.5 Å². The second kappa shape index (κ2) is 6.41. The quantitative estimate of drug-likeness (QED) is 0.570. The minimum absolute atomic E-state index is 1.20. The van der Waals surface area contributed by atoms with Gasteiger partial charge >= 0.3 is 0 Å². The van der Waals surface area contributed by atoms with E-state index in [-0.39, 0.29) is 0 Å². The van der Waals surface area contributed by atoms with Gasteiger partial charge in [0.2, 0.25) is 0 Å². The van der Waals surface area contributed by atoms with E-state index >= 15 is 0 Å². The lowest BCUT2D eigenvalue weighted by Crippen LogP contribution is -2.39. The summed E-state index contributed by atoms with van der Waals surface area (Å²) in [7, 11) is -1.64. The Morgan fingerprint density at radius 1 is 0.900 bits per heavy atom. The number of aryl methyl sites for hydroxylation is 1. The first-order chi connectivity index (χ1) is 9.58. The number of hydrogen-bond acceptors (Lipinski definition) is 0. The summed E-state index contributed by atoms with van der Waals surface area (Å²) in [5.74, 6) is 3.22. The van der Waals surface area contributed by atoms with Crippen LogP contribution in [0.2, 0.25) is 13.1 Å². The molecule has 0 amide bonds. The Labute approximate surface area is 123 Å². The highest BCUT2D eigenvalue weighted by Gasteiger charge is 2.19. The lowest BCUT2D eigenvalue weighted by Gasteiger charge is -2.14. The van der Waals surface area contributed by atoms with E-state index in [4.69, 9.17) is 0 Å². The van der Waals surface area contributed by atoms with Crippen molar-refractivity contribution in [2.75, 3.05) is 0 Å². The van der Waals surface area contributed by atoms with Gasteiger partial charge in [-0.15, -0.1) is 5.54 Å². The molecule has 0 aromatic heterocycles. The second-order valence-electron chi connectivity index (χ2n) is 5.50. The summed E-state index contributed by atoms with van der Waals surface area (Å²) >= 11 is 0. The molecule has 0 radical (unpaired) electrons. The molecule has 0 saturated carbocycles. The molecule has 0 aliphatic heterocycles. The lowest BCUT2D eigenvalue weighted by molar-refractivity contribution is 1.46. The summed E-state index contributed by atoms with van der Waals surface area (Å²) in [5, 5.41) is 1.39. The smallest absolute Gasteiger partial charge is 0.121 e. The third kappa shape index (κ3) is 3.98. The molecule has 0 aliphatic carbocycles. The number of benzene rings is 2. The Morgan fingerprint density at radius 2 is 1.55 bits per heavy atom. The third-order valence-electron chi connectivity index (χ3n) is 3.32. The second-order valence-corrected chi connectivity index (χ2v) is 9.58. The Balaban J connectivity index is 2.09. The average Bonchev–Trinajstić information content (AvgIpc) is 2.46. The summed E-state index contributed by atoms with van der Waals surface area (Å²) in [6, 6.07) is 19.1. The molecule has 0 bridgehead atoms. The van der Waals surface area contributed by atoms with E-state index < -0.39 is 8.07 Å². The average molecular weight is 276 g/mol. The molecule has 0 nitrogen and oxygen atoms in total. The van der Waals surface area contributed by atoms with Gasteiger partial charge in [0, 0.05) is 0 Å². The highest BCUT2D eigenvalue weighted by atomic mass is 28.3. The van der Waals surface area contributed by atoms with Crippen LogP contribution in [0, 0.1) is 18.4 Å². The molecule has 1 heteroatoms. The molecule has 0 fully saturated rings. The van der Waals surface area contributed by atoms with Crippen LogP contribution in [-0.4, -0.2) is 8.07 Å². The van der Waals surface area contributed by atoms with Gasteiger partial charge in [-0.1, -0.05) is 79.2 Å². The number of hydrogen-bond donors (Lipinski definition) is 0. The zero-order valence-corrected chi connectivity index (χ0v) is 13.4. The van der Waals surface area contributed by atoms with Gasteiger partial charge in [0.1, 0.15) is 0 Å². The Kier molecular flexibility index (Phi) is 4.60. The van der Waals surface area contributed by atoms with Crippen molar-refractivity contribution in [2.24, 2.45) is 0 Å². The maximum absolute atomic E-state index is 3.46. The van der Waals surface area contributed by atoms with Gasteiger partial charge < -0.3 is 0 Å². The fraction of sp³-hybridized carbons (Fsp3) is 0.158. The SMILES string of the molecule is Cc1ccc(/C=C\C#C[Si](C)(C)c2ccccc2)cc1. The predicted molar refractivity (Wildman–Crippen MR) is 91.5 cm³/mol. The van der Waals surface area contributed by atoms with Crippen molar-refractivity contribution in [3.05, 3.63) is 71.8 Å². The van der Waals surface area contributed by atoms with Crippen molar-refractivity contribution in [1.29, 1.82) is 0 Å². The first kappa shape index (κ1) is 14.4. The fourth-order valence-electron chi connectivity index (χ4n) is 1.96. The van der Waals surface area contributed by atoms with Gasteiger partial charge in [-0.3, -0.25) is 0 Å². The topological polar surface area (TPSA) is 0 Å². The van der Waals surface area contributed by atoms with Crippen molar-refractivity contribution in [2.45, 2.75) is 20.0 Å². The molecular weight excluding hydrogens is 256 g/mol. The van der Waals surface area contributed by atoms with Crippen LogP contribution in [0.5, 0.6) is 0 Å². The van der Waals surface area contributed by atoms with E-state index in [0.29, 0.717) is 0 Å². The van der Waals surface area contributed by atoms with Gasteiger partial charge in [-0.2, -0.15) is 0 Å². The highest BCUT2D eigenvalue weighted by molar-refractivity contribution is 6.96. The summed E-state index contributed by atoms with van der Waals surface area (Å²) in [6.07, 6.45) is 4.03. The zero-order valence-electron chi connectivity index (χ0n) is 12.4. The lowest BCUT2D eigenvalue weighted by atomic mass is 10.1. The van der Waals surface area contributed by atoms with Crippen LogP contribution in [0.4, 0.5) is 0 Å². The Morgan fingerprint density at radius 3 is 2.20 bits per heavy atom. The van der Waals surface area contributed by atoms with E-state index in [1.165, 1.54) is 16.3 Å². The van der Waals surface area contributed by atoms with Crippen LogP contribution in [0.25, 0.3) is 6.08 Å². The zero-order chi connectivity index (χ0) is 14.4. The molecule has 0 N–H and O–H groups in total. The minimum Gasteiger partial charge on any atom is -0.121 e. The van der Waals surface area contributed by atoms with Crippen molar-refractivity contribution < 1.29 is 0 Å². The largest absolute Gasteiger partial charge is 0.163 e. The number of rotatable bonds is 2. The van der Waals surface area contributed by atoms with E-state index in [1.54, 1.807) is 0 Å². The molecule has 0 spiro atoms. The van der Waals surface area contributed by atoms with E-state index in [9.17, 15) is 0 Å². The Hall–Kier alpha value is -2.04. The standard InChI is InChI=1S/C19H20Si/c1-17-12-14-18(15-13-17)9-7-8-16-20(2,3)19-10-5-4-6-11-19/h4-7,9-15H,1-3H3/b9-7-. The van der Waals surface area contributed by atoms with Crippen LogP contribution in [0.15, 0.2) is 60.7 Å². The van der Waals surface area contributed by atoms with E-state index in [0.717, 1.165) is 0 Å². The Bertz CT molecular complexity index is 638. The minimum atomic E-state index is -1.64. The monoisotopic (exact) mass is 276 g/mol. The van der Waals surface area contributed by atoms with Crippen molar-refractivity contribution >= 4 is 19.3 Å². The maximum Gasteiger partial charge on any atom is 0.163 e. The van der Waals surface area contributed by atoms with Crippen LogP contribution in [0.3, 0.4) is 0 Å². The molecule has 100 valence electrons. The van der Waals surface area contributed by atoms with Crippen LogP contribution >= 0.6 is 0 Å². The van der Waals surface area contributed by atoms with E-state index in [2.05, 4.69) is 92.2 Å². The molecule has 0 heterocycles. The van der Waals surface area contributed by atoms with Gasteiger partial charge in [0.05, 0.1) is 0 Å². The van der Waals surface area contributed by atoms with Crippen molar-refractivity contribution in [1.82, 2.24) is 0 Å². The van der Waals surface area contributed by atoms with E-state index in [1.807, 2.05) is 6.08 Å². The van der Waals surface area contributed by atoms with Crippen LogP contribution in [0.1, 0.15) is 11.1 Å². The molecule has 2 aromatic rings. The summed E-state index contributed by atoms with van der Waals surface area (Å²) < 4.78 is 0. The van der Waals surface area contributed by atoms with Crippen LogP contribution in [-0.2, 0) is 0 Å². The first-order valence-corrected chi connectivity index (χ1v) is 9.89. The summed E-state index contributed by atoms with van der Waals surface area (Å²) in [4.78, 5) is 0. The maximum atomic E-state index is 3.46. The van der Waals surface area contributed by atoms with Gasteiger partial charge in [0.15, 0.2) is 8.07 Å². The summed E-state index contributed by atoms with van der Waals surface area (Å²) in [5.41, 5.74) is 5.94. The molecule has 0 atom stereocenters. The molecule has 0 aliphatic rings. The predicted octanol–water partition coefficient (Wildman–Crippen LogP) is 4.17. The highest BCUT2D eigenvalue weighted by Crippen LogP contribution is 2.05. The molecule has 2 rings (SSSR count). The van der Waals surface area contributed by atoms with Gasteiger partial charge in [-0.05, 0) is 29.8 Å². The third-order valence-corrected chi connectivity index (χ3v) is 5.86. The normalized spacial score (nSPS) is 11.2. The van der Waals surface area contributed by atoms with Crippen molar-refractivity contribution in [3.63, 3.8) is 0 Å². The molecule has 2 aromatic carbocycles. The number of allylic oxidation sites excluding steroid dienone is 1. The van der Waals surface area contributed by atoms with Gasteiger partial charge in [0.25, 0.3) is 0 Å². The summed E-state index contributed by atoms with van der Waals surface area (Å²) in [6.45, 7) is 6.67. The molecular formula is C19H20Si. The van der Waals surface area contributed by atoms with Crippen LogP contribution < -0.4 is 5.19 Å². The molecule has 20 heavy (non-hydrogen) atoms.